The fraction of sp³-hybridized carbons (Fsp3) is 0.261. The summed E-state index contributed by atoms with van der Waals surface area (Å²) in [7, 11) is 0. The molecule has 8 heteroatoms. The zero-order valence-corrected chi connectivity index (χ0v) is 17.9. The Bertz CT molecular complexity index is 1110. The third kappa shape index (κ3) is 4.39. The second-order valence-electron chi connectivity index (χ2n) is 7.47. The smallest absolute Gasteiger partial charge is 0.237 e. The third-order valence-electron chi connectivity index (χ3n) is 5.57. The van der Waals surface area contributed by atoms with Crippen molar-refractivity contribution in [2.45, 2.75) is 38.0 Å². The zero-order valence-electron chi connectivity index (χ0n) is 17.1. The molecule has 31 heavy (non-hydrogen) atoms. The highest BCUT2D eigenvalue weighted by Gasteiger charge is 2.42. The van der Waals surface area contributed by atoms with Crippen LogP contribution in [-0.2, 0) is 26.2 Å². The van der Waals surface area contributed by atoms with Crippen LogP contribution in [0.15, 0.2) is 54.0 Å². The van der Waals surface area contributed by atoms with Gasteiger partial charge in [0.15, 0.2) is 0 Å². The molecular weight excluding hydrogens is 412 g/mol. The number of carbonyl (C=O) groups is 3. The molecule has 0 spiro atoms. The van der Waals surface area contributed by atoms with E-state index >= 15 is 0 Å². The molecule has 3 aromatic rings. The van der Waals surface area contributed by atoms with Gasteiger partial charge in [-0.25, -0.2) is 4.98 Å². The van der Waals surface area contributed by atoms with Gasteiger partial charge in [0.1, 0.15) is 5.01 Å². The largest absolute Gasteiger partial charge is 0.326 e. The summed E-state index contributed by atoms with van der Waals surface area (Å²) >= 11 is 1.46. The highest BCUT2D eigenvalue weighted by atomic mass is 32.1. The van der Waals surface area contributed by atoms with Crippen molar-refractivity contribution in [1.82, 2.24) is 15.3 Å². The molecule has 1 aliphatic rings. The highest BCUT2D eigenvalue weighted by Crippen LogP contribution is 2.36. The number of amides is 3. The van der Waals surface area contributed by atoms with Crippen molar-refractivity contribution < 1.29 is 14.4 Å². The van der Waals surface area contributed by atoms with Crippen molar-refractivity contribution in [3.05, 3.63) is 65.3 Å². The number of thiazole rings is 1. The monoisotopic (exact) mass is 434 g/mol. The predicted molar refractivity (Wildman–Crippen MR) is 118 cm³/mol. The lowest BCUT2D eigenvalue weighted by Crippen LogP contribution is -2.51. The molecule has 0 saturated carbocycles. The van der Waals surface area contributed by atoms with Gasteiger partial charge in [0, 0.05) is 23.7 Å². The number of anilines is 1. The summed E-state index contributed by atoms with van der Waals surface area (Å²) in [5.41, 5.74) is 2.25. The van der Waals surface area contributed by atoms with Crippen LogP contribution in [0.1, 0.15) is 37.4 Å². The van der Waals surface area contributed by atoms with Gasteiger partial charge in [0.25, 0.3) is 0 Å². The lowest BCUT2D eigenvalue weighted by Gasteiger charge is -2.35. The molecule has 3 amide bonds. The Kier molecular flexibility index (Phi) is 5.90. The summed E-state index contributed by atoms with van der Waals surface area (Å²) in [5.74, 6) is -0.654. The van der Waals surface area contributed by atoms with E-state index in [1.165, 1.54) is 11.3 Å². The van der Waals surface area contributed by atoms with Crippen LogP contribution < -0.4 is 10.6 Å². The number of nitrogens with one attached hydrogen (secondary N) is 2. The van der Waals surface area contributed by atoms with Gasteiger partial charge >= 0.3 is 0 Å². The number of pyridine rings is 1. The Morgan fingerprint density at radius 3 is 2.68 bits per heavy atom. The Hall–Kier alpha value is -3.39. The van der Waals surface area contributed by atoms with Crippen LogP contribution in [0, 0.1) is 0 Å². The van der Waals surface area contributed by atoms with Crippen molar-refractivity contribution in [3.8, 4) is 10.7 Å². The number of nitrogens with zero attached hydrogens (tertiary/aromatic N) is 2. The summed E-state index contributed by atoms with van der Waals surface area (Å²) in [6.07, 6.45) is 3.29. The first-order chi connectivity index (χ1) is 15.0. The van der Waals surface area contributed by atoms with Crippen molar-refractivity contribution in [3.63, 3.8) is 0 Å². The Morgan fingerprint density at radius 1 is 1.19 bits per heavy atom. The number of hydrogen-bond donors (Lipinski definition) is 2. The van der Waals surface area contributed by atoms with Crippen molar-refractivity contribution in [2.24, 2.45) is 0 Å². The molecule has 1 saturated heterocycles. The number of hydrogen-bond acceptors (Lipinski definition) is 6. The second-order valence-corrected chi connectivity index (χ2v) is 8.33. The van der Waals surface area contributed by atoms with Gasteiger partial charge < -0.3 is 5.32 Å². The van der Waals surface area contributed by atoms with Gasteiger partial charge in [0.05, 0.1) is 23.2 Å². The molecule has 1 aliphatic heterocycles. The van der Waals surface area contributed by atoms with E-state index < -0.39 is 5.41 Å². The van der Waals surface area contributed by atoms with E-state index in [1.807, 2.05) is 42.6 Å². The van der Waals surface area contributed by atoms with E-state index in [2.05, 4.69) is 20.6 Å². The van der Waals surface area contributed by atoms with Crippen LogP contribution in [0.5, 0.6) is 0 Å². The average Bonchev–Trinajstić information content (AvgIpc) is 3.24. The number of piperidine rings is 1. The van der Waals surface area contributed by atoms with Gasteiger partial charge in [-0.1, -0.05) is 25.1 Å². The van der Waals surface area contributed by atoms with E-state index in [0.29, 0.717) is 30.6 Å². The fourth-order valence-corrected chi connectivity index (χ4v) is 4.60. The fourth-order valence-electron chi connectivity index (χ4n) is 3.80. The molecule has 0 radical (unpaired) electrons. The van der Waals surface area contributed by atoms with Gasteiger partial charge in [-0.3, -0.25) is 24.7 Å². The zero-order chi connectivity index (χ0) is 21.8. The lowest BCUT2D eigenvalue weighted by atomic mass is 9.72. The Balaban J connectivity index is 1.41. The molecule has 1 fully saturated rings. The van der Waals surface area contributed by atoms with Crippen LogP contribution >= 0.6 is 11.3 Å². The molecule has 1 aromatic carbocycles. The maximum atomic E-state index is 12.5. The maximum absolute atomic E-state index is 12.5. The molecule has 0 aliphatic carbocycles. The predicted octanol–water partition coefficient (Wildman–Crippen LogP) is 3.47. The highest BCUT2D eigenvalue weighted by molar-refractivity contribution is 7.13. The van der Waals surface area contributed by atoms with Crippen molar-refractivity contribution in [2.75, 3.05) is 5.32 Å². The maximum Gasteiger partial charge on any atom is 0.237 e. The summed E-state index contributed by atoms with van der Waals surface area (Å²) in [6.45, 7) is 1.94. The van der Waals surface area contributed by atoms with E-state index in [9.17, 15) is 14.4 Å². The minimum atomic E-state index is -0.709. The number of benzene rings is 1. The van der Waals surface area contributed by atoms with E-state index in [0.717, 1.165) is 16.3 Å². The number of imide groups is 1. The molecule has 3 heterocycles. The van der Waals surface area contributed by atoms with Crippen LogP contribution in [0.25, 0.3) is 10.7 Å². The number of rotatable bonds is 6. The third-order valence-corrected chi connectivity index (χ3v) is 6.48. The normalized spacial score (nSPS) is 18.5. The summed E-state index contributed by atoms with van der Waals surface area (Å²) in [6, 6.07) is 12.9. The van der Waals surface area contributed by atoms with Crippen LogP contribution in [-0.4, -0.2) is 27.7 Å². The Morgan fingerprint density at radius 2 is 2.00 bits per heavy atom. The molecule has 2 aromatic heterocycles. The SMILES string of the molecule is CCC1(c2ccc(NC(=O)Cc3csc(-c4ccccn4)n3)cc2)CCC(=O)NC1=O. The standard InChI is InChI=1S/C23H22N4O3S/c1-2-23(11-10-19(28)27-22(23)30)15-6-8-16(9-7-15)25-20(29)13-17-14-31-21(26-17)18-5-3-4-12-24-18/h3-9,12,14H,2,10-11,13H2,1H3,(H,25,29)(H,27,28,30). The van der Waals surface area contributed by atoms with E-state index in [1.54, 1.807) is 18.3 Å². The molecule has 0 bridgehead atoms. The first-order valence-electron chi connectivity index (χ1n) is 10.1. The van der Waals surface area contributed by atoms with Gasteiger partial charge in [-0.05, 0) is 42.7 Å². The van der Waals surface area contributed by atoms with Crippen molar-refractivity contribution in [1.29, 1.82) is 0 Å². The first-order valence-corrected chi connectivity index (χ1v) is 11.0. The van der Waals surface area contributed by atoms with Gasteiger partial charge in [0.2, 0.25) is 17.7 Å². The van der Waals surface area contributed by atoms with Crippen LogP contribution in [0.3, 0.4) is 0 Å². The molecule has 4 rings (SSSR count). The molecule has 2 N–H and O–H groups in total. The van der Waals surface area contributed by atoms with Gasteiger partial charge in [-0.2, -0.15) is 0 Å². The number of aromatic nitrogens is 2. The molecule has 1 unspecified atom stereocenters. The minimum Gasteiger partial charge on any atom is -0.326 e. The topological polar surface area (TPSA) is 101 Å². The summed E-state index contributed by atoms with van der Waals surface area (Å²) in [4.78, 5) is 45.3. The lowest BCUT2D eigenvalue weighted by molar-refractivity contribution is -0.138. The Labute approximate surface area is 183 Å². The summed E-state index contributed by atoms with van der Waals surface area (Å²) in [5, 5.41) is 7.96. The van der Waals surface area contributed by atoms with Crippen molar-refractivity contribution >= 4 is 34.7 Å². The molecule has 158 valence electrons. The minimum absolute atomic E-state index is 0.161. The number of carbonyl (C=O) groups excluding carboxylic acids is 3. The van der Waals surface area contributed by atoms with E-state index in [-0.39, 0.29) is 24.1 Å². The molecule has 7 nitrogen and oxygen atoms in total. The second kappa shape index (κ2) is 8.77. The van der Waals surface area contributed by atoms with Crippen LogP contribution in [0.2, 0.25) is 0 Å². The van der Waals surface area contributed by atoms with Gasteiger partial charge in [-0.15, -0.1) is 11.3 Å². The average molecular weight is 435 g/mol. The summed E-state index contributed by atoms with van der Waals surface area (Å²) < 4.78 is 0. The molecule has 1 atom stereocenters. The quantitative estimate of drug-likeness (QED) is 0.579. The van der Waals surface area contributed by atoms with E-state index in [4.69, 9.17) is 0 Å². The van der Waals surface area contributed by atoms with Crippen LogP contribution in [0.4, 0.5) is 5.69 Å². The first kappa shape index (κ1) is 20.9. The molecular formula is C23H22N4O3S.